The van der Waals surface area contributed by atoms with Crippen molar-refractivity contribution in [1.29, 1.82) is 0 Å². The maximum atomic E-state index is 12.2. The summed E-state index contributed by atoms with van der Waals surface area (Å²) in [5.41, 5.74) is 4.71. The first-order valence-corrected chi connectivity index (χ1v) is 6.44. The second-order valence-electron chi connectivity index (χ2n) is 4.89. The minimum absolute atomic E-state index is 0.114. The quantitative estimate of drug-likeness (QED) is 0.773. The molecular formula is C16H15N3O. The summed E-state index contributed by atoms with van der Waals surface area (Å²) >= 11 is 0. The Morgan fingerprint density at radius 1 is 1.15 bits per heavy atom. The Bertz CT molecular complexity index is 789. The van der Waals surface area contributed by atoms with Gasteiger partial charge >= 0.3 is 0 Å². The Balaban J connectivity index is 1.86. The van der Waals surface area contributed by atoms with E-state index in [1.54, 1.807) is 18.6 Å². The number of pyridine rings is 1. The molecule has 1 N–H and O–H groups in total. The summed E-state index contributed by atoms with van der Waals surface area (Å²) < 4.78 is 1.87. The van der Waals surface area contributed by atoms with Gasteiger partial charge in [-0.1, -0.05) is 6.07 Å². The van der Waals surface area contributed by atoms with E-state index in [9.17, 15) is 4.79 Å². The lowest BCUT2D eigenvalue weighted by Gasteiger charge is -2.08. The van der Waals surface area contributed by atoms with Gasteiger partial charge in [0.25, 0.3) is 5.91 Å². The fraction of sp³-hybridized carbons (Fsp3) is 0.125. The first-order chi connectivity index (χ1) is 9.63. The molecule has 0 unspecified atom stereocenters. The third kappa shape index (κ3) is 2.28. The van der Waals surface area contributed by atoms with Gasteiger partial charge in [0, 0.05) is 17.4 Å². The van der Waals surface area contributed by atoms with Gasteiger partial charge < -0.3 is 9.72 Å². The van der Waals surface area contributed by atoms with E-state index in [4.69, 9.17) is 0 Å². The van der Waals surface area contributed by atoms with Gasteiger partial charge in [-0.15, -0.1) is 0 Å². The lowest BCUT2D eigenvalue weighted by Crippen LogP contribution is -2.12. The number of anilines is 1. The highest BCUT2D eigenvalue weighted by Gasteiger charge is 2.07. The highest BCUT2D eigenvalue weighted by molar-refractivity contribution is 6.04. The number of fused-ring (bicyclic) bond motifs is 1. The molecule has 1 amide bonds. The van der Waals surface area contributed by atoms with Crippen molar-refractivity contribution < 1.29 is 4.79 Å². The monoisotopic (exact) mass is 265 g/mol. The SMILES string of the molecule is Cc1ccc(NC(=O)c2ccn3cncc3c2)cc1C. The zero-order valence-corrected chi connectivity index (χ0v) is 11.4. The molecule has 0 aliphatic carbocycles. The number of aromatic nitrogens is 2. The van der Waals surface area contributed by atoms with Crippen LogP contribution in [0.25, 0.3) is 5.52 Å². The minimum Gasteiger partial charge on any atom is -0.322 e. The van der Waals surface area contributed by atoms with E-state index in [1.807, 2.05) is 41.8 Å². The Kier molecular flexibility index (Phi) is 2.99. The van der Waals surface area contributed by atoms with Crippen LogP contribution in [0.15, 0.2) is 49.1 Å². The van der Waals surface area contributed by atoms with E-state index in [-0.39, 0.29) is 5.91 Å². The fourth-order valence-corrected chi connectivity index (χ4v) is 2.08. The maximum absolute atomic E-state index is 12.2. The molecule has 0 bridgehead atoms. The van der Waals surface area contributed by atoms with Crippen LogP contribution < -0.4 is 5.32 Å². The van der Waals surface area contributed by atoms with Crippen LogP contribution in [-0.4, -0.2) is 15.3 Å². The maximum Gasteiger partial charge on any atom is 0.255 e. The molecule has 0 saturated carbocycles. The standard InChI is InChI=1S/C16H15N3O/c1-11-3-4-14(7-12(11)2)18-16(20)13-5-6-19-10-17-9-15(19)8-13/h3-10H,1-2H3,(H,18,20). The number of nitrogens with zero attached hydrogens (tertiary/aromatic N) is 2. The van der Waals surface area contributed by atoms with Crippen molar-refractivity contribution in [3.05, 3.63) is 65.7 Å². The zero-order chi connectivity index (χ0) is 14.1. The summed E-state index contributed by atoms with van der Waals surface area (Å²) in [5, 5.41) is 2.91. The number of carbonyl (C=O) groups excluding carboxylic acids is 1. The van der Waals surface area contributed by atoms with Gasteiger partial charge in [-0.25, -0.2) is 4.98 Å². The van der Waals surface area contributed by atoms with E-state index >= 15 is 0 Å². The number of carbonyl (C=O) groups is 1. The van der Waals surface area contributed by atoms with Gasteiger partial charge in [0.1, 0.15) is 0 Å². The predicted molar refractivity (Wildman–Crippen MR) is 79.1 cm³/mol. The summed E-state index contributed by atoms with van der Waals surface area (Å²) in [6, 6.07) is 9.50. The molecule has 1 aromatic carbocycles. The number of hydrogen-bond donors (Lipinski definition) is 1. The molecule has 20 heavy (non-hydrogen) atoms. The first-order valence-electron chi connectivity index (χ1n) is 6.44. The van der Waals surface area contributed by atoms with Crippen molar-refractivity contribution in [2.45, 2.75) is 13.8 Å². The lowest BCUT2D eigenvalue weighted by molar-refractivity contribution is 0.102. The topological polar surface area (TPSA) is 46.4 Å². The molecule has 0 aliphatic rings. The highest BCUT2D eigenvalue weighted by Crippen LogP contribution is 2.15. The molecule has 0 radical (unpaired) electrons. The van der Waals surface area contributed by atoms with E-state index in [0.29, 0.717) is 5.56 Å². The number of rotatable bonds is 2. The summed E-state index contributed by atoms with van der Waals surface area (Å²) in [5.74, 6) is -0.114. The van der Waals surface area contributed by atoms with Gasteiger partial charge in [0.2, 0.25) is 0 Å². The summed E-state index contributed by atoms with van der Waals surface area (Å²) in [6.07, 6.45) is 5.27. The van der Waals surface area contributed by atoms with Crippen LogP contribution >= 0.6 is 0 Å². The normalized spacial score (nSPS) is 10.7. The molecular weight excluding hydrogens is 250 g/mol. The lowest BCUT2D eigenvalue weighted by atomic mass is 10.1. The molecule has 3 rings (SSSR count). The van der Waals surface area contributed by atoms with Crippen LogP contribution in [-0.2, 0) is 0 Å². The van der Waals surface area contributed by atoms with E-state index in [0.717, 1.165) is 16.8 Å². The van der Waals surface area contributed by atoms with Crippen LogP contribution in [0.4, 0.5) is 5.69 Å². The molecule has 4 nitrogen and oxygen atoms in total. The number of benzene rings is 1. The molecule has 0 aliphatic heterocycles. The third-order valence-corrected chi connectivity index (χ3v) is 3.44. The van der Waals surface area contributed by atoms with E-state index in [1.165, 1.54) is 5.56 Å². The molecule has 3 aromatic rings. The van der Waals surface area contributed by atoms with Gasteiger partial charge in [0.05, 0.1) is 18.0 Å². The minimum atomic E-state index is -0.114. The van der Waals surface area contributed by atoms with E-state index in [2.05, 4.69) is 17.2 Å². The average molecular weight is 265 g/mol. The molecule has 100 valence electrons. The number of nitrogens with one attached hydrogen (secondary N) is 1. The van der Waals surface area contributed by atoms with Gasteiger partial charge in [-0.05, 0) is 49.2 Å². The Hall–Kier alpha value is -2.62. The second kappa shape index (κ2) is 4.81. The number of imidazole rings is 1. The van der Waals surface area contributed by atoms with Crippen molar-refractivity contribution in [1.82, 2.24) is 9.38 Å². The summed E-state index contributed by atoms with van der Waals surface area (Å²) in [4.78, 5) is 16.3. The van der Waals surface area contributed by atoms with Gasteiger partial charge in [-0.3, -0.25) is 4.79 Å². The molecule has 2 aromatic heterocycles. The summed E-state index contributed by atoms with van der Waals surface area (Å²) in [7, 11) is 0. The van der Waals surface area contributed by atoms with Crippen LogP contribution in [0.1, 0.15) is 21.5 Å². The predicted octanol–water partition coefficient (Wildman–Crippen LogP) is 3.20. The molecule has 0 saturated heterocycles. The molecule has 2 heterocycles. The molecule has 4 heteroatoms. The zero-order valence-electron chi connectivity index (χ0n) is 11.4. The number of hydrogen-bond acceptors (Lipinski definition) is 2. The van der Waals surface area contributed by atoms with Crippen LogP contribution in [0, 0.1) is 13.8 Å². The van der Waals surface area contributed by atoms with E-state index < -0.39 is 0 Å². The van der Waals surface area contributed by atoms with Crippen LogP contribution in [0.5, 0.6) is 0 Å². The van der Waals surface area contributed by atoms with Crippen LogP contribution in [0.2, 0.25) is 0 Å². The van der Waals surface area contributed by atoms with Crippen molar-refractivity contribution in [2.75, 3.05) is 5.32 Å². The Morgan fingerprint density at radius 3 is 2.80 bits per heavy atom. The molecule has 0 atom stereocenters. The molecule has 0 fully saturated rings. The smallest absolute Gasteiger partial charge is 0.255 e. The Labute approximate surface area is 117 Å². The highest BCUT2D eigenvalue weighted by atomic mass is 16.1. The Morgan fingerprint density at radius 2 is 2.00 bits per heavy atom. The largest absolute Gasteiger partial charge is 0.322 e. The van der Waals surface area contributed by atoms with Gasteiger partial charge in [0.15, 0.2) is 0 Å². The number of aryl methyl sites for hydroxylation is 2. The second-order valence-corrected chi connectivity index (χ2v) is 4.89. The van der Waals surface area contributed by atoms with Crippen LogP contribution in [0.3, 0.4) is 0 Å². The van der Waals surface area contributed by atoms with Crippen molar-refractivity contribution in [3.63, 3.8) is 0 Å². The van der Waals surface area contributed by atoms with Crippen molar-refractivity contribution in [2.24, 2.45) is 0 Å². The number of amides is 1. The van der Waals surface area contributed by atoms with Crippen molar-refractivity contribution in [3.8, 4) is 0 Å². The average Bonchev–Trinajstić information content (AvgIpc) is 2.90. The van der Waals surface area contributed by atoms with Gasteiger partial charge in [-0.2, -0.15) is 0 Å². The summed E-state index contributed by atoms with van der Waals surface area (Å²) in [6.45, 7) is 4.08. The third-order valence-electron chi connectivity index (χ3n) is 3.44. The van der Waals surface area contributed by atoms with Crippen molar-refractivity contribution >= 4 is 17.1 Å². The molecule has 0 spiro atoms. The fourth-order valence-electron chi connectivity index (χ4n) is 2.08. The first kappa shape index (κ1) is 12.4.